The average molecular weight is 447 g/mol. The Kier molecular flexibility index (Phi) is 5.15. The van der Waals surface area contributed by atoms with Crippen molar-refractivity contribution in [3.05, 3.63) is 89.5 Å². The van der Waals surface area contributed by atoms with Crippen LogP contribution in [0.25, 0.3) is 11.1 Å². The highest BCUT2D eigenvalue weighted by Gasteiger charge is 2.34. The predicted molar refractivity (Wildman–Crippen MR) is 120 cm³/mol. The van der Waals surface area contributed by atoms with Gasteiger partial charge in [0.2, 0.25) is 21.8 Å². The third-order valence-corrected chi connectivity index (χ3v) is 8.00. The number of carbonyl (C=O) groups excluding carboxylic acids is 2. The Morgan fingerprint density at radius 3 is 2.34 bits per heavy atom. The van der Waals surface area contributed by atoms with E-state index in [1.807, 2.05) is 60.7 Å². The summed E-state index contributed by atoms with van der Waals surface area (Å²) in [7, 11) is -3.73. The summed E-state index contributed by atoms with van der Waals surface area (Å²) in [6.07, 6.45) is 0.778. The van der Waals surface area contributed by atoms with Gasteiger partial charge >= 0.3 is 0 Å². The number of amides is 2. The molecule has 1 atom stereocenters. The Morgan fingerprint density at radius 1 is 0.844 bits per heavy atom. The maximum atomic E-state index is 13.6. The molecule has 2 heterocycles. The molecule has 0 aliphatic carbocycles. The second-order valence-electron chi connectivity index (χ2n) is 8.17. The van der Waals surface area contributed by atoms with Crippen LogP contribution in [0.1, 0.15) is 35.4 Å². The molecular weight excluding hydrogens is 424 g/mol. The molecule has 0 bridgehead atoms. The second-order valence-corrected chi connectivity index (χ2v) is 10.1. The monoisotopic (exact) mass is 446 g/mol. The topological polar surface area (TPSA) is 83.6 Å². The maximum Gasteiger partial charge on any atom is 0.244 e. The molecule has 1 unspecified atom stereocenters. The van der Waals surface area contributed by atoms with Crippen LogP contribution in [0.15, 0.2) is 77.7 Å². The number of nitrogens with zero attached hydrogens (tertiary/aromatic N) is 1. The van der Waals surface area contributed by atoms with E-state index in [1.54, 1.807) is 12.1 Å². The van der Waals surface area contributed by atoms with Gasteiger partial charge < -0.3 is 0 Å². The minimum Gasteiger partial charge on any atom is -0.296 e. The summed E-state index contributed by atoms with van der Waals surface area (Å²) in [6.45, 7) is 0.540. The molecule has 0 radical (unpaired) electrons. The van der Waals surface area contributed by atoms with Gasteiger partial charge in [0.1, 0.15) is 0 Å². The van der Waals surface area contributed by atoms with Crippen molar-refractivity contribution in [2.24, 2.45) is 0 Å². The fraction of sp³-hybridized carbons (Fsp3) is 0.200. The van der Waals surface area contributed by atoms with Gasteiger partial charge in [0.25, 0.3) is 0 Å². The molecule has 2 aliphatic heterocycles. The molecule has 1 fully saturated rings. The van der Waals surface area contributed by atoms with Crippen LogP contribution in [0.3, 0.4) is 0 Å². The van der Waals surface area contributed by atoms with Crippen LogP contribution >= 0.6 is 0 Å². The van der Waals surface area contributed by atoms with Crippen LogP contribution in [0.5, 0.6) is 0 Å². The molecule has 0 spiro atoms. The van der Waals surface area contributed by atoms with E-state index in [9.17, 15) is 18.0 Å². The highest BCUT2D eigenvalue weighted by atomic mass is 32.2. The van der Waals surface area contributed by atoms with Gasteiger partial charge in [0.15, 0.2) is 0 Å². The van der Waals surface area contributed by atoms with Crippen molar-refractivity contribution in [1.82, 2.24) is 9.62 Å². The summed E-state index contributed by atoms with van der Waals surface area (Å²) in [6, 6.07) is 22.2. The Balaban J connectivity index is 1.44. The summed E-state index contributed by atoms with van der Waals surface area (Å²) in [5, 5.41) is 2.39. The highest BCUT2D eigenvalue weighted by Crippen LogP contribution is 2.35. The summed E-state index contributed by atoms with van der Waals surface area (Å²) in [5.41, 5.74) is 4.17. The van der Waals surface area contributed by atoms with Crippen LogP contribution in [-0.2, 0) is 32.7 Å². The first-order chi connectivity index (χ1) is 15.4. The Hall–Kier alpha value is -3.29. The molecule has 0 saturated carbocycles. The molecule has 7 heteroatoms. The molecule has 1 N–H and O–H groups in total. The summed E-state index contributed by atoms with van der Waals surface area (Å²) in [5.74, 6) is -0.926. The number of nitrogens with one attached hydrogen (secondary N) is 1. The van der Waals surface area contributed by atoms with E-state index in [2.05, 4.69) is 5.32 Å². The van der Waals surface area contributed by atoms with Crippen LogP contribution in [0.2, 0.25) is 0 Å². The van der Waals surface area contributed by atoms with Gasteiger partial charge in [-0.1, -0.05) is 66.7 Å². The zero-order valence-corrected chi connectivity index (χ0v) is 18.1. The lowest BCUT2D eigenvalue weighted by molar-refractivity contribution is -0.134. The molecule has 32 heavy (non-hydrogen) atoms. The molecule has 3 aromatic rings. The molecule has 0 aromatic heterocycles. The normalized spacial score (nSPS) is 18.9. The third kappa shape index (κ3) is 3.63. The number of piperidine rings is 1. The number of imide groups is 1. The van der Waals surface area contributed by atoms with E-state index >= 15 is 0 Å². The van der Waals surface area contributed by atoms with Gasteiger partial charge in [-0.3, -0.25) is 14.9 Å². The van der Waals surface area contributed by atoms with Crippen LogP contribution < -0.4 is 5.32 Å². The van der Waals surface area contributed by atoms with Gasteiger partial charge in [0, 0.05) is 25.1 Å². The van der Waals surface area contributed by atoms with Crippen LogP contribution in [0.4, 0.5) is 0 Å². The van der Waals surface area contributed by atoms with E-state index in [-0.39, 0.29) is 35.7 Å². The number of sulfonamides is 1. The van der Waals surface area contributed by atoms with E-state index in [0.717, 1.165) is 22.3 Å². The number of hydrogen-bond donors (Lipinski definition) is 1. The number of carbonyl (C=O) groups is 2. The van der Waals surface area contributed by atoms with Crippen molar-refractivity contribution in [1.29, 1.82) is 0 Å². The van der Waals surface area contributed by atoms with E-state index in [0.29, 0.717) is 18.4 Å². The molecule has 3 aromatic carbocycles. The predicted octanol–water partition coefficient (Wildman–Crippen LogP) is 3.58. The lowest BCUT2D eigenvalue weighted by Gasteiger charge is -2.21. The fourth-order valence-electron chi connectivity index (χ4n) is 4.47. The number of rotatable bonds is 4. The number of benzene rings is 3. The summed E-state index contributed by atoms with van der Waals surface area (Å²) < 4.78 is 28.7. The van der Waals surface area contributed by atoms with E-state index < -0.39 is 10.0 Å². The van der Waals surface area contributed by atoms with Crippen molar-refractivity contribution in [3.8, 4) is 11.1 Å². The SMILES string of the molecule is O=C1CCC(c2ccc3c(c2)CN(S(=O)(=O)c2ccccc2-c2ccccc2)C3)C(=O)N1. The summed E-state index contributed by atoms with van der Waals surface area (Å²) >= 11 is 0. The number of fused-ring (bicyclic) bond motifs is 1. The lowest BCUT2D eigenvalue weighted by atomic mass is 9.89. The Morgan fingerprint density at radius 2 is 1.56 bits per heavy atom. The second kappa shape index (κ2) is 8.00. The lowest BCUT2D eigenvalue weighted by Crippen LogP contribution is -2.39. The van der Waals surface area contributed by atoms with Gasteiger partial charge in [-0.25, -0.2) is 8.42 Å². The molecule has 2 amide bonds. The standard InChI is InChI=1S/C25H22N2O4S/c28-24-13-12-22(25(29)26-24)18-10-11-19-15-27(16-20(19)14-18)32(30,31)23-9-5-4-8-21(23)17-6-2-1-3-7-17/h1-11,14,22H,12-13,15-16H2,(H,26,28,29). The van der Waals surface area contributed by atoms with Gasteiger partial charge in [-0.15, -0.1) is 0 Å². The molecular formula is C25H22N2O4S. The quantitative estimate of drug-likeness (QED) is 0.621. The molecule has 1 saturated heterocycles. The average Bonchev–Trinajstić information content (AvgIpc) is 3.24. The van der Waals surface area contributed by atoms with Crippen molar-refractivity contribution in [2.45, 2.75) is 36.7 Å². The van der Waals surface area contributed by atoms with Gasteiger partial charge in [-0.2, -0.15) is 4.31 Å². The Labute approximate surface area is 186 Å². The minimum atomic E-state index is -3.73. The molecule has 5 rings (SSSR count). The first-order valence-electron chi connectivity index (χ1n) is 10.5. The first-order valence-corrected chi connectivity index (χ1v) is 12.0. The van der Waals surface area contributed by atoms with E-state index in [1.165, 1.54) is 4.31 Å². The zero-order valence-electron chi connectivity index (χ0n) is 17.3. The summed E-state index contributed by atoms with van der Waals surface area (Å²) in [4.78, 5) is 24.0. The third-order valence-electron chi connectivity index (χ3n) is 6.15. The fourth-order valence-corrected chi connectivity index (χ4v) is 6.08. The number of hydrogen-bond acceptors (Lipinski definition) is 4. The highest BCUT2D eigenvalue weighted by molar-refractivity contribution is 7.89. The molecule has 6 nitrogen and oxygen atoms in total. The van der Waals surface area contributed by atoms with Gasteiger partial charge in [0.05, 0.1) is 10.8 Å². The maximum absolute atomic E-state index is 13.6. The van der Waals surface area contributed by atoms with Crippen LogP contribution in [0, 0.1) is 0 Å². The smallest absolute Gasteiger partial charge is 0.244 e. The Bertz CT molecular complexity index is 1320. The van der Waals surface area contributed by atoms with E-state index in [4.69, 9.17) is 0 Å². The minimum absolute atomic E-state index is 0.248. The van der Waals surface area contributed by atoms with Crippen molar-refractivity contribution in [3.63, 3.8) is 0 Å². The molecule has 162 valence electrons. The van der Waals surface area contributed by atoms with Crippen molar-refractivity contribution in [2.75, 3.05) is 0 Å². The zero-order chi connectivity index (χ0) is 22.3. The molecule has 2 aliphatic rings. The van der Waals surface area contributed by atoms with Crippen molar-refractivity contribution < 1.29 is 18.0 Å². The first kappa shape index (κ1) is 20.6. The van der Waals surface area contributed by atoms with Crippen molar-refractivity contribution >= 4 is 21.8 Å². The van der Waals surface area contributed by atoms with Crippen LogP contribution in [-0.4, -0.2) is 24.5 Å². The largest absolute Gasteiger partial charge is 0.296 e. The van der Waals surface area contributed by atoms with Gasteiger partial charge in [-0.05, 0) is 34.7 Å².